The summed E-state index contributed by atoms with van der Waals surface area (Å²) in [7, 11) is 0. The van der Waals surface area contributed by atoms with Gasteiger partial charge in [0.1, 0.15) is 11.9 Å². The lowest BCUT2D eigenvalue weighted by molar-refractivity contribution is -0.274. The smallest absolute Gasteiger partial charge is 0.471 e. The van der Waals surface area contributed by atoms with Crippen LogP contribution in [0.1, 0.15) is 23.2 Å². The van der Waals surface area contributed by atoms with Crippen molar-refractivity contribution in [2.45, 2.75) is 25.3 Å². The first-order valence-corrected chi connectivity index (χ1v) is 8.00. The molecule has 26 heavy (non-hydrogen) atoms. The summed E-state index contributed by atoms with van der Waals surface area (Å²) in [4.78, 5) is 14.2. The quantitative estimate of drug-likeness (QED) is 0.831. The molecule has 2 heterocycles. The second-order valence-electron chi connectivity index (χ2n) is 5.77. The molecule has 1 aliphatic heterocycles. The normalized spacial score (nSPS) is 17.7. The van der Waals surface area contributed by atoms with Crippen molar-refractivity contribution in [3.63, 3.8) is 0 Å². The molecule has 1 aliphatic rings. The predicted molar refractivity (Wildman–Crippen MR) is 84.7 cm³/mol. The number of alkyl halides is 3. The Morgan fingerprint density at radius 1 is 1.23 bits per heavy atom. The topological polar surface area (TPSA) is 64.5 Å². The van der Waals surface area contributed by atoms with Gasteiger partial charge in [0.25, 0.3) is 5.91 Å². The van der Waals surface area contributed by atoms with Crippen LogP contribution in [0.3, 0.4) is 0 Å². The van der Waals surface area contributed by atoms with Crippen LogP contribution in [0.4, 0.5) is 13.2 Å². The highest BCUT2D eigenvalue weighted by Gasteiger charge is 2.32. The number of amides is 1. The van der Waals surface area contributed by atoms with E-state index in [0.717, 1.165) is 25.0 Å². The Balaban J connectivity index is 1.66. The Hall–Kier alpha value is -2.84. The first-order valence-electron chi connectivity index (χ1n) is 8.00. The lowest BCUT2D eigenvalue weighted by atomic mass is 10.1. The van der Waals surface area contributed by atoms with E-state index in [1.807, 2.05) is 0 Å². The highest BCUT2D eigenvalue weighted by atomic mass is 19.4. The molecular weight excluding hydrogens is 351 g/mol. The third-order valence-corrected chi connectivity index (χ3v) is 3.82. The predicted octanol–water partition coefficient (Wildman–Crippen LogP) is 3.06. The Kier molecular flexibility index (Phi) is 5.24. The zero-order valence-corrected chi connectivity index (χ0v) is 13.6. The monoisotopic (exact) mass is 367 g/mol. The summed E-state index contributed by atoms with van der Waals surface area (Å²) in [6.45, 7) is 0.823. The molecule has 138 valence electrons. The van der Waals surface area contributed by atoms with Crippen LogP contribution in [0.5, 0.6) is 11.6 Å². The number of nitrogens with zero attached hydrogens (tertiary/aromatic N) is 3. The van der Waals surface area contributed by atoms with E-state index >= 15 is 0 Å². The number of ether oxygens (including phenoxy) is 2. The number of carbonyl (C=O) groups is 1. The molecular formula is C17H16F3N3O3. The van der Waals surface area contributed by atoms with Crippen LogP contribution in [0, 0.1) is 0 Å². The Labute approximate surface area is 147 Å². The fraction of sp³-hybridized carbons (Fsp3) is 0.353. The van der Waals surface area contributed by atoms with Crippen LogP contribution in [-0.4, -0.2) is 46.6 Å². The van der Waals surface area contributed by atoms with Gasteiger partial charge in [-0.1, -0.05) is 6.07 Å². The van der Waals surface area contributed by atoms with Crippen molar-refractivity contribution in [1.82, 2.24) is 15.1 Å². The summed E-state index contributed by atoms with van der Waals surface area (Å²) in [6, 6.07) is 8.42. The summed E-state index contributed by atoms with van der Waals surface area (Å²) in [5, 5.41) is 7.58. The van der Waals surface area contributed by atoms with Crippen molar-refractivity contribution >= 4 is 5.91 Å². The molecule has 2 aromatic rings. The molecule has 0 N–H and O–H groups in total. The minimum absolute atomic E-state index is 0.131. The van der Waals surface area contributed by atoms with Gasteiger partial charge in [0.15, 0.2) is 0 Å². The molecule has 0 saturated carbocycles. The Morgan fingerprint density at radius 3 is 2.81 bits per heavy atom. The summed E-state index contributed by atoms with van der Waals surface area (Å²) in [5.74, 6) is -0.426. The molecule has 3 rings (SSSR count). The second-order valence-corrected chi connectivity index (χ2v) is 5.77. The van der Waals surface area contributed by atoms with E-state index in [1.54, 1.807) is 17.0 Å². The van der Waals surface area contributed by atoms with Crippen LogP contribution in [0.25, 0.3) is 0 Å². The number of hydrogen-bond acceptors (Lipinski definition) is 5. The molecule has 1 fully saturated rings. The summed E-state index contributed by atoms with van der Waals surface area (Å²) >= 11 is 0. The lowest BCUT2D eigenvalue weighted by Crippen LogP contribution is -2.44. The summed E-state index contributed by atoms with van der Waals surface area (Å²) in [5.41, 5.74) is 0.131. The van der Waals surface area contributed by atoms with Crippen LogP contribution in [0.15, 0.2) is 42.6 Å². The van der Waals surface area contributed by atoms with Gasteiger partial charge in [0.05, 0.1) is 6.54 Å². The third-order valence-electron chi connectivity index (χ3n) is 3.82. The van der Waals surface area contributed by atoms with Gasteiger partial charge in [-0.25, -0.2) is 0 Å². The van der Waals surface area contributed by atoms with E-state index in [-0.39, 0.29) is 17.6 Å². The minimum atomic E-state index is -4.80. The third kappa shape index (κ3) is 4.84. The number of hydrogen-bond donors (Lipinski definition) is 0. The zero-order chi connectivity index (χ0) is 18.6. The first-order chi connectivity index (χ1) is 12.4. The van der Waals surface area contributed by atoms with Crippen molar-refractivity contribution in [2.24, 2.45) is 0 Å². The fourth-order valence-corrected chi connectivity index (χ4v) is 2.75. The molecule has 0 radical (unpaired) electrons. The van der Waals surface area contributed by atoms with Crippen LogP contribution in [-0.2, 0) is 0 Å². The molecule has 1 amide bonds. The van der Waals surface area contributed by atoms with Crippen molar-refractivity contribution in [3.05, 3.63) is 48.2 Å². The average molecular weight is 367 g/mol. The zero-order valence-electron chi connectivity index (χ0n) is 13.6. The lowest BCUT2D eigenvalue weighted by Gasteiger charge is -2.32. The maximum absolute atomic E-state index is 12.6. The molecule has 0 bridgehead atoms. The van der Waals surface area contributed by atoms with Gasteiger partial charge in [-0.2, -0.15) is 5.10 Å². The van der Waals surface area contributed by atoms with E-state index in [4.69, 9.17) is 4.74 Å². The van der Waals surface area contributed by atoms with Crippen LogP contribution in [0.2, 0.25) is 0 Å². The number of likely N-dealkylation sites (tertiary alicyclic amines) is 1. The average Bonchev–Trinajstić information content (AvgIpc) is 2.61. The van der Waals surface area contributed by atoms with E-state index < -0.39 is 12.1 Å². The minimum Gasteiger partial charge on any atom is -0.471 e. The molecule has 9 heteroatoms. The van der Waals surface area contributed by atoms with Gasteiger partial charge in [0, 0.05) is 24.4 Å². The van der Waals surface area contributed by atoms with E-state index in [9.17, 15) is 18.0 Å². The molecule has 6 nitrogen and oxygen atoms in total. The maximum atomic E-state index is 12.6. The van der Waals surface area contributed by atoms with Gasteiger partial charge in [0.2, 0.25) is 5.88 Å². The number of carbonyl (C=O) groups excluding carboxylic acids is 1. The van der Waals surface area contributed by atoms with Crippen LogP contribution >= 0.6 is 0 Å². The van der Waals surface area contributed by atoms with E-state index in [1.165, 1.54) is 18.3 Å². The van der Waals surface area contributed by atoms with Crippen molar-refractivity contribution in [2.75, 3.05) is 13.1 Å². The van der Waals surface area contributed by atoms with Gasteiger partial charge in [-0.15, -0.1) is 18.3 Å². The van der Waals surface area contributed by atoms with E-state index in [0.29, 0.717) is 19.0 Å². The van der Waals surface area contributed by atoms with Gasteiger partial charge in [-0.3, -0.25) is 4.79 Å². The molecule has 0 spiro atoms. The van der Waals surface area contributed by atoms with Gasteiger partial charge in [-0.05, 0) is 37.1 Å². The van der Waals surface area contributed by atoms with Crippen molar-refractivity contribution in [3.8, 4) is 11.6 Å². The number of rotatable bonds is 4. The van der Waals surface area contributed by atoms with E-state index in [2.05, 4.69) is 14.9 Å². The summed E-state index contributed by atoms with van der Waals surface area (Å²) < 4.78 is 46.6. The number of aromatic nitrogens is 2. The first kappa shape index (κ1) is 18.0. The van der Waals surface area contributed by atoms with Gasteiger partial charge < -0.3 is 14.4 Å². The fourth-order valence-electron chi connectivity index (χ4n) is 2.75. The number of piperidine rings is 1. The Bertz CT molecular complexity index is 756. The number of halogens is 3. The molecule has 1 unspecified atom stereocenters. The number of benzene rings is 1. The largest absolute Gasteiger partial charge is 0.573 e. The van der Waals surface area contributed by atoms with Gasteiger partial charge >= 0.3 is 6.36 Å². The summed E-state index contributed by atoms with van der Waals surface area (Å²) in [6.07, 6.45) is -2.06. The highest BCUT2D eigenvalue weighted by Crippen LogP contribution is 2.24. The molecule has 1 atom stereocenters. The second kappa shape index (κ2) is 7.59. The van der Waals surface area contributed by atoms with Crippen molar-refractivity contribution < 1.29 is 27.4 Å². The molecule has 1 aromatic carbocycles. The molecule has 0 aliphatic carbocycles. The van der Waals surface area contributed by atoms with Crippen molar-refractivity contribution in [1.29, 1.82) is 0 Å². The molecule has 1 saturated heterocycles. The highest BCUT2D eigenvalue weighted by molar-refractivity contribution is 5.94. The Morgan fingerprint density at radius 2 is 2.08 bits per heavy atom. The molecule has 1 aromatic heterocycles. The maximum Gasteiger partial charge on any atom is 0.573 e. The van der Waals surface area contributed by atoms with Crippen LogP contribution < -0.4 is 9.47 Å². The SMILES string of the molecule is O=C(c1cccc(OC(F)(F)F)c1)N1CCCC(Oc2cccnn2)C1. The standard InChI is InChI=1S/C17H16F3N3O3/c18-17(19,20)26-13-5-1-4-12(10-13)16(24)23-9-3-6-14(11-23)25-15-7-2-8-21-22-15/h1-2,4-5,7-8,10,14H,3,6,9,11H2.